The molecule has 0 amide bonds. The molecule has 2 nitrogen and oxygen atoms in total. The summed E-state index contributed by atoms with van der Waals surface area (Å²) in [5.74, 6) is 0.160. The fourth-order valence-electron chi connectivity index (χ4n) is 1.14. The molecule has 16 heavy (non-hydrogen) atoms. The molecule has 0 aliphatic rings. The Balaban J connectivity index is 2.82. The molecule has 6 heteroatoms. The molecule has 90 valence electrons. The average Bonchev–Trinajstić information content (AvgIpc) is 2.16. The lowest BCUT2D eigenvalue weighted by atomic mass is 10.2. The molecule has 0 radical (unpaired) electrons. The molecule has 1 N–H and O–H groups in total. The van der Waals surface area contributed by atoms with Crippen molar-refractivity contribution in [3.8, 4) is 0 Å². The van der Waals surface area contributed by atoms with Gasteiger partial charge in [-0.05, 0) is 18.6 Å². The second-order valence-corrected chi connectivity index (χ2v) is 3.73. The zero-order valence-electron chi connectivity index (χ0n) is 8.74. The van der Waals surface area contributed by atoms with Crippen LogP contribution in [0.1, 0.15) is 25.3 Å². The Kier molecular flexibility index (Phi) is 4.41. The van der Waals surface area contributed by atoms with Crippen LogP contribution in [0.25, 0.3) is 0 Å². The van der Waals surface area contributed by atoms with Crippen molar-refractivity contribution in [3.05, 3.63) is 22.8 Å². The third-order valence-corrected chi connectivity index (χ3v) is 2.15. The number of hydrogen-bond donors (Lipinski definition) is 1. The van der Waals surface area contributed by atoms with Crippen LogP contribution in [0.5, 0.6) is 0 Å². The molecule has 0 aliphatic heterocycles. The SMILES string of the molecule is CCCCNc1cc(C(F)(F)F)cc(Cl)n1. The van der Waals surface area contributed by atoms with Crippen LogP contribution < -0.4 is 5.32 Å². The van der Waals surface area contributed by atoms with E-state index in [1.54, 1.807) is 0 Å². The maximum Gasteiger partial charge on any atom is 0.416 e. The van der Waals surface area contributed by atoms with E-state index in [4.69, 9.17) is 11.6 Å². The first-order valence-electron chi connectivity index (χ1n) is 4.92. The highest BCUT2D eigenvalue weighted by molar-refractivity contribution is 6.29. The smallest absolute Gasteiger partial charge is 0.370 e. The molecular weight excluding hydrogens is 241 g/mol. The van der Waals surface area contributed by atoms with E-state index in [9.17, 15) is 13.2 Å². The summed E-state index contributed by atoms with van der Waals surface area (Å²) in [6.07, 6.45) is -2.57. The van der Waals surface area contributed by atoms with Gasteiger partial charge in [-0.1, -0.05) is 24.9 Å². The highest BCUT2D eigenvalue weighted by Crippen LogP contribution is 2.31. The Labute approximate surface area is 96.8 Å². The number of alkyl halides is 3. The van der Waals surface area contributed by atoms with E-state index in [0.29, 0.717) is 6.54 Å². The summed E-state index contributed by atoms with van der Waals surface area (Å²) < 4.78 is 37.3. The Morgan fingerprint density at radius 2 is 2.06 bits per heavy atom. The quantitative estimate of drug-likeness (QED) is 0.648. The predicted molar refractivity (Wildman–Crippen MR) is 57.6 cm³/mol. The van der Waals surface area contributed by atoms with E-state index < -0.39 is 11.7 Å². The third-order valence-electron chi connectivity index (χ3n) is 1.96. The number of nitrogens with zero attached hydrogens (tertiary/aromatic N) is 1. The number of unbranched alkanes of at least 4 members (excludes halogenated alkanes) is 1. The molecule has 0 fully saturated rings. The Morgan fingerprint density at radius 3 is 2.62 bits per heavy atom. The number of pyridine rings is 1. The number of anilines is 1. The minimum absolute atomic E-state index is 0.158. The summed E-state index contributed by atoms with van der Waals surface area (Å²) >= 11 is 5.52. The lowest BCUT2D eigenvalue weighted by Gasteiger charge is -2.10. The molecule has 0 bridgehead atoms. The molecule has 0 saturated heterocycles. The summed E-state index contributed by atoms with van der Waals surface area (Å²) in [6.45, 7) is 2.58. The number of aromatic nitrogens is 1. The first-order chi connectivity index (χ1) is 7.43. The zero-order chi connectivity index (χ0) is 12.2. The van der Waals surface area contributed by atoms with Crippen LogP contribution in [0.15, 0.2) is 12.1 Å². The summed E-state index contributed by atoms with van der Waals surface area (Å²) in [5, 5.41) is 2.64. The predicted octanol–water partition coefficient (Wildman–Crippen LogP) is 3.97. The lowest BCUT2D eigenvalue weighted by molar-refractivity contribution is -0.137. The van der Waals surface area contributed by atoms with Crippen molar-refractivity contribution in [2.24, 2.45) is 0 Å². The fraction of sp³-hybridized carbons (Fsp3) is 0.500. The van der Waals surface area contributed by atoms with E-state index in [1.807, 2.05) is 6.92 Å². The lowest BCUT2D eigenvalue weighted by Crippen LogP contribution is -2.08. The molecule has 0 aromatic carbocycles. The van der Waals surface area contributed by atoms with Gasteiger partial charge in [0.05, 0.1) is 5.56 Å². The van der Waals surface area contributed by atoms with Crippen LogP contribution in [0.4, 0.5) is 19.0 Å². The summed E-state index contributed by atoms with van der Waals surface area (Å²) in [4.78, 5) is 3.77. The largest absolute Gasteiger partial charge is 0.416 e. The minimum Gasteiger partial charge on any atom is -0.370 e. The zero-order valence-corrected chi connectivity index (χ0v) is 9.49. The highest BCUT2D eigenvalue weighted by Gasteiger charge is 2.31. The molecule has 0 aliphatic carbocycles. The van der Waals surface area contributed by atoms with Crippen molar-refractivity contribution in [3.63, 3.8) is 0 Å². The first kappa shape index (κ1) is 13.1. The van der Waals surface area contributed by atoms with E-state index in [1.165, 1.54) is 0 Å². The van der Waals surface area contributed by atoms with Gasteiger partial charge >= 0.3 is 6.18 Å². The van der Waals surface area contributed by atoms with E-state index in [2.05, 4.69) is 10.3 Å². The summed E-state index contributed by atoms with van der Waals surface area (Å²) in [5.41, 5.74) is -0.786. The molecule has 0 saturated carbocycles. The first-order valence-corrected chi connectivity index (χ1v) is 5.30. The van der Waals surface area contributed by atoms with Gasteiger partial charge in [0.1, 0.15) is 11.0 Å². The van der Waals surface area contributed by atoms with Crippen LogP contribution in [0, 0.1) is 0 Å². The highest BCUT2D eigenvalue weighted by atomic mass is 35.5. The molecule has 0 unspecified atom stereocenters. The van der Waals surface area contributed by atoms with Crippen molar-refractivity contribution in [2.75, 3.05) is 11.9 Å². The molecule has 0 atom stereocenters. The second-order valence-electron chi connectivity index (χ2n) is 3.34. The summed E-state index contributed by atoms with van der Waals surface area (Å²) in [6, 6.07) is 1.77. The molecule has 1 heterocycles. The van der Waals surface area contributed by atoms with Gasteiger partial charge in [-0.25, -0.2) is 4.98 Å². The number of halogens is 4. The Morgan fingerprint density at radius 1 is 1.38 bits per heavy atom. The van der Waals surface area contributed by atoms with Gasteiger partial charge in [0.25, 0.3) is 0 Å². The van der Waals surface area contributed by atoms with Crippen molar-refractivity contribution in [1.29, 1.82) is 0 Å². The molecule has 1 aromatic heterocycles. The topological polar surface area (TPSA) is 24.9 Å². The fourth-order valence-corrected chi connectivity index (χ4v) is 1.35. The van der Waals surface area contributed by atoms with Crippen molar-refractivity contribution >= 4 is 17.4 Å². The van der Waals surface area contributed by atoms with Gasteiger partial charge in [0, 0.05) is 6.54 Å². The van der Waals surface area contributed by atoms with Gasteiger partial charge in [-0.2, -0.15) is 13.2 Å². The standard InChI is InChI=1S/C10H12ClF3N2/c1-2-3-4-15-9-6-7(10(12,13)14)5-8(11)16-9/h5-6H,2-4H2,1H3,(H,15,16). The number of hydrogen-bond acceptors (Lipinski definition) is 2. The number of rotatable bonds is 4. The van der Waals surface area contributed by atoms with Gasteiger partial charge in [-0.15, -0.1) is 0 Å². The van der Waals surface area contributed by atoms with Crippen LogP contribution in [-0.4, -0.2) is 11.5 Å². The Bertz CT molecular complexity index is 352. The molecular formula is C10H12ClF3N2. The van der Waals surface area contributed by atoms with Gasteiger partial charge in [0.15, 0.2) is 0 Å². The van der Waals surface area contributed by atoms with Crippen molar-refractivity contribution < 1.29 is 13.2 Å². The van der Waals surface area contributed by atoms with Crippen molar-refractivity contribution in [1.82, 2.24) is 4.98 Å². The van der Waals surface area contributed by atoms with Crippen LogP contribution >= 0.6 is 11.6 Å². The molecule has 0 spiro atoms. The minimum atomic E-state index is -4.40. The van der Waals surface area contributed by atoms with E-state index in [-0.39, 0.29) is 11.0 Å². The Hall–Kier alpha value is -0.970. The van der Waals surface area contributed by atoms with Crippen LogP contribution in [0.3, 0.4) is 0 Å². The van der Waals surface area contributed by atoms with Crippen LogP contribution in [0.2, 0.25) is 5.15 Å². The molecule has 1 rings (SSSR count). The van der Waals surface area contributed by atoms with E-state index >= 15 is 0 Å². The average molecular weight is 253 g/mol. The monoisotopic (exact) mass is 252 g/mol. The normalized spacial score (nSPS) is 11.6. The number of nitrogens with one attached hydrogen (secondary N) is 1. The third kappa shape index (κ3) is 3.89. The summed E-state index contributed by atoms with van der Waals surface area (Å²) in [7, 11) is 0. The van der Waals surface area contributed by atoms with E-state index in [0.717, 1.165) is 25.0 Å². The van der Waals surface area contributed by atoms with Gasteiger partial charge in [0.2, 0.25) is 0 Å². The van der Waals surface area contributed by atoms with Gasteiger partial charge in [-0.3, -0.25) is 0 Å². The maximum absolute atomic E-state index is 12.4. The maximum atomic E-state index is 12.4. The van der Waals surface area contributed by atoms with Crippen molar-refractivity contribution in [2.45, 2.75) is 25.9 Å². The second kappa shape index (κ2) is 5.39. The van der Waals surface area contributed by atoms with Crippen LogP contribution in [-0.2, 0) is 6.18 Å². The van der Waals surface area contributed by atoms with Gasteiger partial charge < -0.3 is 5.32 Å². The molecule has 1 aromatic rings.